The van der Waals surface area contributed by atoms with Gasteiger partial charge in [-0.15, -0.1) is 10.2 Å². The van der Waals surface area contributed by atoms with E-state index in [1.165, 1.54) is 11.1 Å². The fourth-order valence-corrected chi connectivity index (χ4v) is 4.90. The maximum absolute atomic E-state index is 12.9. The van der Waals surface area contributed by atoms with Gasteiger partial charge in [0.25, 0.3) is 5.91 Å². The van der Waals surface area contributed by atoms with E-state index in [2.05, 4.69) is 63.4 Å². The predicted octanol–water partition coefficient (Wildman–Crippen LogP) is 5.98. The number of aryl methyl sites for hydroxylation is 1. The summed E-state index contributed by atoms with van der Waals surface area (Å²) in [6, 6.07) is 29.9. The van der Waals surface area contributed by atoms with Gasteiger partial charge in [-0.2, -0.15) is 0 Å². The smallest absolute Gasteiger partial charge is 0.251 e. The lowest BCUT2D eigenvalue weighted by Crippen LogP contribution is -2.23. The van der Waals surface area contributed by atoms with Gasteiger partial charge >= 0.3 is 0 Å². The van der Waals surface area contributed by atoms with Crippen molar-refractivity contribution in [2.75, 3.05) is 0 Å². The molecule has 0 aliphatic heterocycles. The molecule has 3 aromatic carbocycles. The number of aromatic nitrogens is 3. The summed E-state index contributed by atoms with van der Waals surface area (Å²) in [7, 11) is 0. The summed E-state index contributed by atoms with van der Waals surface area (Å²) < 4.78 is 7.43. The third kappa shape index (κ3) is 5.58. The molecule has 0 unspecified atom stereocenters. The molecule has 0 radical (unpaired) electrons. The molecule has 5 aromatic rings. The monoisotopic (exact) mass is 494 g/mol. The zero-order valence-electron chi connectivity index (χ0n) is 19.9. The summed E-state index contributed by atoms with van der Waals surface area (Å²) >= 11 is 1.57. The topological polar surface area (TPSA) is 73.0 Å². The Labute approximate surface area is 214 Å². The first-order chi connectivity index (χ1) is 17.7. The van der Waals surface area contributed by atoms with Crippen molar-refractivity contribution < 1.29 is 9.21 Å². The lowest BCUT2D eigenvalue weighted by molar-refractivity contribution is 0.0947. The first kappa shape index (κ1) is 23.6. The highest BCUT2D eigenvalue weighted by molar-refractivity contribution is 7.98. The molecular formula is C29H26N4O2S. The van der Waals surface area contributed by atoms with Crippen LogP contribution in [0.3, 0.4) is 0 Å². The molecule has 1 N–H and O–H groups in total. The number of rotatable bonds is 9. The van der Waals surface area contributed by atoms with Gasteiger partial charge < -0.3 is 9.73 Å². The first-order valence-corrected chi connectivity index (χ1v) is 12.7. The molecule has 0 bridgehead atoms. The summed E-state index contributed by atoms with van der Waals surface area (Å²) in [6.07, 6.45) is 2.27. The molecular weight excluding hydrogens is 468 g/mol. The number of furan rings is 1. The third-order valence-electron chi connectivity index (χ3n) is 5.82. The van der Waals surface area contributed by atoms with E-state index in [0.29, 0.717) is 30.0 Å². The van der Waals surface area contributed by atoms with E-state index < -0.39 is 0 Å². The number of carbonyl (C=O) groups is 1. The quantitative estimate of drug-likeness (QED) is 0.255. The second-order valence-corrected chi connectivity index (χ2v) is 9.38. The number of carbonyl (C=O) groups excluding carboxylic acids is 1. The zero-order chi connectivity index (χ0) is 24.7. The molecule has 0 aliphatic rings. The van der Waals surface area contributed by atoms with Crippen LogP contribution in [0.2, 0.25) is 0 Å². The van der Waals surface area contributed by atoms with Crippen LogP contribution in [0.15, 0.2) is 107 Å². The standard InChI is InChI=1S/C29H26N4O2S/c1-21-13-15-24(16-14-21)33-27(18-22-8-3-2-4-9-22)31-32-29(33)36-20-23-10-5-6-12-26(23)28(34)30-19-25-11-7-17-35-25/h2-17H,18-20H2,1H3,(H,30,34). The predicted molar refractivity (Wildman–Crippen MR) is 141 cm³/mol. The lowest BCUT2D eigenvalue weighted by atomic mass is 10.1. The average Bonchev–Trinajstić information content (AvgIpc) is 3.57. The molecule has 0 aliphatic carbocycles. The van der Waals surface area contributed by atoms with Crippen LogP contribution in [-0.2, 0) is 18.7 Å². The van der Waals surface area contributed by atoms with E-state index in [9.17, 15) is 4.79 Å². The Bertz CT molecular complexity index is 1430. The van der Waals surface area contributed by atoms with Crippen molar-refractivity contribution in [3.05, 3.63) is 131 Å². The van der Waals surface area contributed by atoms with Gasteiger partial charge in [-0.05, 0) is 48.4 Å². The molecule has 0 fully saturated rings. The van der Waals surface area contributed by atoms with Crippen LogP contribution in [-0.4, -0.2) is 20.7 Å². The Morgan fingerprint density at radius 1 is 0.917 bits per heavy atom. The Morgan fingerprint density at radius 2 is 1.69 bits per heavy atom. The minimum absolute atomic E-state index is 0.132. The van der Waals surface area contributed by atoms with Crippen molar-refractivity contribution in [2.24, 2.45) is 0 Å². The van der Waals surface area contributed by atoms with Crippen LogP contribution in [0, 0.1) is 6.92 Å². The van der Waals surface area contributed by atoms with Crippen molar-refractivity contribution >= 4 is 17.7 Å². The van der Waals surface area contributed by atoms with Crippen molar-refractivity contribution in [2.45, 2.75) is 30.8 Å². The largest absolute Gasteiger partial charge is 0.467 e. The van der Waals surface area contributed by atoms with Crippen LogP contribution >= 0.6 is 11.8 Å². The van der Waals surface area contributed by atoms with E-state index in [0.717, 1.165) is 22.2 Å². The van der Waals surface area contributed by atoms with Crippen molar-refractivity contribution in [1.82, 2.24) is 20.1 Å². The van der Waals surface area contributed by atoms with E-state index in [-0.39, 0.29) is 5.91 Å². The van der Waals surface area contributed by atoms with Gasteiger partial charge in [-0.25, -0.2) is 0 Å². The molecule has 36 heavy (non-hydrogen) atoms. The molecule has 180 valence electrons. The molecule has 0 spiro atoms. The van der Waals surface area contributed by atoms with Crippen molar-refractivity contribution in [1.29, 1.82) is 0 Å². The van der Waals surface area contributed by atoms with Gasteiger partial charge in [0.1, 0.15) is 11.6 Å². The Kier molecular flexibility index (Phi) is 7.28. The first-order valence-electron chi connectivity index (χ1n) is 11.7. The number of hydrogen-bond donors (Lipinski definition) is 1. The Morgan fingerprint density at radius 3 is 2.47 bits per heavy atom. The van der Waals surface area contributed by atoms with E-state index >= 15 is 0 Å². The van der Waals surface area contributed by atoms with Crippen LogP contribution in [0.4, 0.5) is 0 Å². The summed E-state index contributed by atoms with van der Waals surface area (Å²) in [4.78, 5) is 12.9. The van der Waals surface area contributed by atoms with E-state index in [4.69, 9.17) is 4.42 Å². The number of amides is 1. The average molecular weight is 495 g/mol. The SMILES string of the molecule is Cc1ccc(-n2c(Cc3ccccc3)nnc2SCc2ccccc2C(=O)NCc2ccco2)cc1. The van der Waals surface area contributed by atoms with Gasteiger partial charge in [0.2, 0.25) is 0 Å². The van der Waals surface area contributed by atoms with Crippen LogP contribution in [0.25, 0.3) is 5.69 Å². The Hall–Kier alpha value is -4.10. The highest BCUT2D eigenvalue weighted by atomic mass is 32.2. The number of benzene rings is 3. The van der Waals surface area contributed by atoms with Gasteiger partial charge in [0, 0.05) is 23.4 Å². The Balaban J connectivity index is 1.38. The third-order valence-corrected chi connectivity index (χ3v) is 6.80. The second kappa shape index (κ2) is 11.1. The maximum Gasteiger partial charge on any atom is 0.251 e. The number of hydrogen-bond acceptors (Lipinski definition) is 5. The van der Waals surface area contributed by atoms with E-state index in [1.807, 2.05) is 54.6 Å². The molecule has 0 atom stereocenters. The summed E-state index contributed by atoms with van der Waals surface area (Å²) in [5.41, 5.74) is 4.96. The van der Waals surface area contributed by atoms with Crippen molar-refractivity contribution in [3.8, 4) is 5.69 Å². The molecule has 0 saturated heterocycles. The number of nitrogens with one attached hydrogen (secondary N) is 1. The second-order valence-electron chi connectivity index (χ2n) is 8.44. The highest BCUT2D eigenvalue weighted by Gasteiger charge is 2.17. The summed E-state index contributed by atoms with van der Waals surface area (Å²) in [5, 5.41) is 12.8. The number of nitrogens with zero attached hydrogens (tertiary/aromatic N) is 3. The minimum atomic E-state index is -0.132. The fourth-order valence-electron chi connectivity index (χ4n) is 3.93. The molecule has 5 rings (SSSR count). The minimum Gasteiger partial charge on any atom is -0.467 e. The molecule has 6 nitrogen and oxygen atoms in total. The molecule has 2 aromatic heterocycles. The zero-order valence-corrected chi connectivity index (χ0v) is 20.7. The van der Waals surface area contributed by atoms with E-state index in [1.54, 1.807) is 18.0 Å². The van der Waals surface area contributed by atoms with Gasteiger partial charge in [-0.1, -0.05) is 78.0 Å². The van der Waals surface area contributed by atoms with Gasteiger partial charge in [0.05, 0.1) is 12.8 Å². The molecule has 0 saturated carbocycles. The van der Waals surface area contributed by atoms with Crippen LogP contribution in [0.5, 0.6) is 0 Å². The van der Waals surface area contributed by atoms with Crippen LogP contribution in [0.1, 0.15) is 38.6 Å². The molecule has 2 heterocycles. The summed E-state index contributed by atoms with van der Waals surface area (Å²) in [5.74, 6) is 2.04. The lowest BCUT2D eigenvalue weighted by Gasteiger charge is -2.12. The number of thioether (sulfide) groups is 1. The molecule has 7 heteroatoms. The normalized spacial score (nSPS) is 10.9. The molecule has 1 amide bonds. The van der Waals surface area contributed by atoms with Gasteiger partial charge in [0.15, 0.2) is 5.16 Å². The van der Waals surface area contributed by atoms with Gasteiger partial charge in [-0.3, -0.25) is 9.36 Å². The summed E-state index contributed by atoms with van der Waals surface area (Å²) in [6.45, 7) is 2.42. The van der Waals surface area contributed by atoms with Crippen molar-refractivity contribution in [3.63, 3.8) is 0 Å². The maximum atomic E-state index is 12.9. The highest BCUT2D eigenvalue weighted by Crippen LogP contribution is 2.28. The fraction of sp³-hybridized carbons (Fsp3) is 0.138. The van der Waals surface area contributed by atoms with Crippen LogP contribution < -0.4 is 5.32 Å².